The van der Waals surface area contributed by atoms with Gasteiger partial charge in [0.15, 0.2) is 0 Å². The molecule has 0 aromatic heterocycles. The van der Waals surface area contributed by atoms with E-state index in [2.05, 4.69) is 60.6 Å². The lowest BCUT2D eigenvalue weighted by atomic mass is 10.1. The lowest BCUT2D eigenvalue weighted by Gasteiger charge is -2.04. The minimum absolute atomic E-state index is 0.0155. The van der Waals surface area contributed by atoms with Gasteiger partial charge in [-0.05, 0) is 64.9 Å². The van der Waals surface area contributed by atoms with Gasteiger partial charge in [-0.1, -0.05) is 42.7 Å². The summed E-state index contributed by atoms with van der Waals surface area (Å²) in [4.78, 5) is 12.2. The Morgan fingerprint density at radius 1 is 1.05 bits per heavy atom. The molecule has 124 valence electrons. The summed E-state index contributed by atoms with van der Waals surface area (Å²) in [6.07, 6.45) is 8.55. The Morgan fingerprint density at radius 3 is 2.23 bits per heavy atom. The zero-order valence-electron chi connectivity index (χ0n) is 15.3. The Kier molecular flexibility index (Phi) is 6.65. The molecule has 0 aliphatic heterocycles. The van der Waals surface area contributed by atoms with Crippen LogP contribution in [0.15, 0.2) is 34.9 Å². The number of hydrogen-bond acceptors (Lipinski definition) is 2. The van der Waals surface area contributed by atoms with Crippen molar-refractivity contribution in [2.45, 2.75) is 61.3 Å². The molecule has 1 rings (SSSR count). The molecule has 0 aromatic rings. The number of allylic oxidation sites excluding steroid dienone is 5. The van der Waals surface area contributed by atoms with E-state index < -0.39 is 0 Å². The van der Waals surface area contributed by atoms with Crippen molar-refractivity contribution in [3.8, 4) is 0 Å². The summed E-state index contributed by atoms with van der Waals surface area (Å²) in [5.74, 6) is 0.287. The standard InChI is InChI=1S/C20H32O2/c1-14(2)9-8-10-16(5)11-12-22-19(21)18-17(13-15(3)4)20(18,6)7/h9,11,13,17-18H,8,10,12H2,1-7H3/b16-11+/t17-,18+/m0/s1. The summed E-state index contributed by atoms with van der Waals surface area (Å²) in [5, 5.41) is 0. The maximum atomic E-state index is 12.2. The number of esters is 1. The maximum Gasteiger partial charge on any atom is 0.310 e. The van der Waals surface area contributed by atoms with Gasteiger partial charge in [-0.25, -0.2) is 0 Å². The molecule has 1 saturated carbocycles. The van der Waals surface area contributed by atoms with Gasteiger partial charge >= 0.3 is 5.97 Å². The van der Waals surface area contributed by atoms with E-state index in [0.717, 1.165) is 12.8 Å². The Hall–Kier alpha value is -1.31. The van der Waals surface area contributed by atoms with Crippen molar-refractivity contribution in [3.05, 3.63) is 34.9 Å². The fraction of sp³-hybridized carbons (Fsp3) is 0.650. The molecule has 0 bridgehead atoms. The molecule has 0 spiro atoms. The van der Waals surface area contributed by atoms with E-state index in [4.69, 9.17) is 4.74 Å². The summed E-state index contributed by atoms with van der Waals surface area (Å²) in [5.41, 5.74) is 3.93. The second kappa shape index (κ2) is 7.80. The Balaban J connectivity index is 2.41. The van der Waals surface area contributed by atoms with Crippen LogP contribution in [0.2, 0.25) is 0 Å². The van der Waals surface area contributed by atoms with E-state index in [1.54, 1.807) is 0 Å². The predicted octanol–water partition coefficient (Wildman–Crippen LogP) is 5.46. The van der Waals surface area contributed by atoms with Crippen molar-refractivity contribution in [2.24, 2.45) is 17.3 Å². The van der Waals surface area contributed by atoms with Crippen molar-refractivity contribution in [3.63, 3.8) is 0 Å². The minimum Gasteiger partial charge on any atom is -0.461 e. The molecule has 0 saturated heterocycles. The summed E-state index contributed by atoms with van der Waals surface area (Å²) in [6, 6.07) is 0. The van der Waals surface area contributed by atoms with Crippen molar-refractivity contribution >= 4 is 5.97 Å². The van der Waals surface area contributed by atoms with Crippen LogP contribution in [0.4, 0.5) is 0 Å². The highest BCUT2D eigenvalue weighted by molar-refractivity contribution is 5.78. The van der Waals surface area contributed by atoms with Crippen LogP contribution >= 0.6 is 0 Å². The summed E-state index contributed by atoms with van der Waals surface area (Å²) < 4.78 is 5.45. The van der Waals surface area contributed by atoms with Crippen LogP contribution < -0.4 is 0 Å². The van der Waals surface area contributed by atoms with Gasteiger partial charge in [0, 0.05) is 0 Å². The molecule has 0 amide bonds. The molecule has 0 aromatic carbocycles. The molecule has 1 aliphatic carbocycles. The predicted molar refractivity (Wildman–Crippen MR) is 93.6 cm³/mol. The minimum atomic E-state index is -0.0548. The van der Waals surface area contributed by atoms with Crippen molar-refractivity contribution < 1.29 is 9.53 Å². The van der Waals surface area contributed by atoms with Gasteiger partial charge in [0.05, 0.1) is 5.92 Å². The van der Waals surface area contributed by atoms with E-state index in [9.17, 15) is 4.79 Å². The van der Waals surface area contributed by atoms with Gasteiger partial charge in [0.1, 0.15) is 6.61 Å². The Labute approximate surface area is 136 Å². The van der Waals surface area contributed by atoms with E-state index in [1.807, 2.05) is 6.08 Å². The lowest BCUT2D eigenvalue weighted by molar-refractivity contribution is -0.144. The molecule has 22 heavy (non-hydrogen) atoms. The third-order valence-corrected chi connectivity index (χ3v) is 4.43. The van der Waals surface area contributed by atoms with Gasteiger partial charge in [-0.15, -0.1) is 0 Å². The Morgan fingerprint density at radius 2 is 1.68 bits per heavy atom. The van der Waals surface area contributed by atoms with E-state index in [-0.39, 0.29) is 17.3 Å². The molecule has 0 heterocycles. The second-order valence-corrected chi connectivity index (χ2v) is 7.57. The number of ether oxygens (including phenoxy) is 1. The van der Waals surface area contributed by atoms with Crippen LogP contribution in [0.5, 0.6) is 0 Å². The highest BCUT2D eigenvalue weighted by Gasteiger charge is 2.61. The molecule has 0 unspecified atom stereocenters. The molecule has 2 heteroatoms. The second-order valence-electron chi connectivity index (χ2n) is 7.57. The van der Waals surface area contributed by atoms with E-state index in [1.165, 1.54) is 16.7 Å². The Bertz CT molecular complexity index is 484. The highest BCUT2D eigenvalue weighted by Crippen LogP contribution is 2.59. The number of rotatable bonds is 7. The molecule has 2 nitrogen and oxygen atoms in total. The van der Waals surface area contributed by atoms with Gasteiger partial charge < -0.3 is 4.74 Å². The van der Waals surface area contributed by atoms with Crippen molar-refractivity contribution in [1.82, 2.24) is 0 Å². The lowest BCUT2D eigenvalue weighted by Crippen LogP contribution is -2.10. The van der Waals surface area contributed by atoms with Crippen molar-refractivity contribution in [1.29, 1.82) is 0 Å². The van der Waals surface area contributed by atoms with E-state index >= 15 is 0 Å². The average Bonchev–Trinajstić information content (AvgIpc) is 2.89. The van der Waals surface area contributed by atoms with Gasteiger partial charge in [-0.3, -0.25) is 4.79 Å². The summed E-state index contributed by atoms with van der Waals surface area (Å²) >= 11 is 0. The molecule has 2 atom stereocenters. The van der Waals surface area contributed by atoms with Gasteiger partial charge in [0.25, 0.3) is 0 Å². The van der Waals surface area contributed by atoms with Gasteiger partial charge in [-0.2, -0.15) is 0 Å². The van der Waals surface area contributed by atoms with Crippen LogP contribution in [-0.2, 0) is 9.53 Å². The third kappa shape index (κ3) is 5.47. The molecular weight excluding hydrogens is 272 g/mol. The quantitative estimate of drug-likeness (QED) is 0.461. The molecule has 1 aliphatic rings. The molecular formula is C20H32O2. The first-order chi connectivity index (χ1) is 10.2. The van der Waals surface area contributed by atoms with Crippen LogP contribution in [0.25, 0.3) is 0 Å². The summed E-state index contributed by atoms with van der Waals surface area (Å²) in [6.45, 7) is 15.2. The zero-order valence-corrected chi connectivity index (χ0v) is 15.3. The average molecular weight is 304 g/mol. The summed E-state index contributed by atoms with van der Waals surface area (Å²) in [7, 11) is 0. The number of carbonyl (C=O) groups is 1. The van der Waals surface area contributed by atoms with E-state index in [0.29, 0.717) is 12.5 Å². The van der Waals surface area contributed by atoms with Crippen LogP contribution in [0, 0.1) is 17.3 Å². The maximum absolute atomic E-state index is 12.2. The first-order valence-electron chi connectivity index (χ1n) is 8.27. The topological polar surface area (TPSA) is 26.3 Å². The fourth-order valence-corrected chi connectivity index (χ4v) is 2.84. The number of hydrogen-bond donors (Lipinski definition) is 0. The van der Waals surface area contributed by atoms with Crippen LogP contribution in [0.3, 0.4) is 0 Å². The van der Waals surface area contributed by atoms with Gasteiger partial charge in [0.2, 0.25) is 0 Å². The molecule has 1 fully saturated rings. The SMILES string of the molecule is CC(C)=CCC/C(C)=C/COC(=O)[C@H]1[C@H](C=C(C)C)C1(C)C. The fourth-order valence-electron chi connectivity index (χ4n) is 2.84. The first-order valence-corrected chi connectivity index (χ1v) is 8.27. The largest absolute Gasteiger partial charge is 0.461 e. The van der Waals surface area contributed by atoms with Crippen LogP contribution in [-0.4, -0.2) is 12.6 Å². The normalized spacial score (nSPS) is 22.8. The first kappa shape index (κ1) is 18.7. The molecule has 0 N–H and O–H groups in total. The van der Waals surface area contributed by atoms with Crippen molar-refractivity contribution in [2.75, 3.05) is 6.61 Å². The zero-order chi connectivity index (χ0) is 16.9. The highest BCUT2D eigenvalue weighted by atomic mass is 16.5. The van der Waals surface area contributed by atoms with Crippen LogP contribution in [0.1, 0.15) is 61.3 Å². The monoisotopic (exact) mass is 304 g/mol. The smallest absolute Gasteiger partial charge is 0.310 e. The number of carbonyl (C=O) groups excluding carboxylic acids is 1. The molecule has 0 radical (unpaired) electrons. The third-order valence-electron chi connectivity index (χ3n) is 4.43.